The molecule has 1 heterocycles. The van der Waals surface area contributed by atoms with Gasteiger partial charge in [-0.25, -0.2) is 8.78 Å². The van der Waals surface area contributed by atoms with Crippen LogP contribution in [0.2, 0.25) is 0 Å². The molecule has 0 aliphatic rings. The molecular weight excluding hydrogens is 381 g/mol. The lowest BCUT2D eigenvalue weighted by Gasteiger charge is -2.11. The second-order valence-electron chi connectivity index (χ2n) is 5.74. The highest BCUT2D eigenvalue weighted by molar-refractivity contribution is 6.04. The average Bonchev–Trinajstić information content (AvgIpc) is 2.64. The van der Waals surface area contributed by atoms with Gasteiger partial charge in [0.2, 0.25) is 0 Å². The summed E-state index contributed by atoms with van der Waals surface area (Å²) in [6.07, 6.45) is -2.02. The molecule has 1 aromatic heterocycles. The predicted molar refractivity (Wildman–Crippen MR) is 93.3 cm³/mol. The van der Waals surface area contributed by atoms with Crippen molar-refractivity contribution in [3.05, 3.63) is 83.7 Å². The summed E-state index contributed by atoms with van der Waals surface area (Å²) in [7, 11) is 0. The van der Waals surface area contributed by atoms with E-state index in [0.717, 1.165) is 18.2 Å². The van der Waals surface area contributed by atoms with E-state index < -0.39 is 29.3 Å². The first-order valence-electron chi connectivity index (χ1n) is 7.88. The number of nitrogens with zero attached hydrogens (tertiary/aromatic N) is 1. The zero-order valence-electron chi connectivity index (χ0n) is 14.0. The van der Waals surface area contributed by atoms with Crippen LogP contribution in [0.25, 0.3) is 0 Å². The van der Waals surface area contributed by atoms with Crippen molar-refractivity contribution in [2.45, 2.75) is 6.18 Å². The van der Waals surface area contributed by atoms with Crippen LogP contribution in [0, 0.1) is 11.6 Å². The van der Waals surface area contributed by atoms with Crippen molar-refractivity contribution in [1.29, 1.82) is 0 Å². The molecule has 2 aromatic carbocycles. The fourth-order valence-corrected chi connectivity index (χ4v) is 2.36. The number of amides is 1. The monoisotopic (exact) mass is 393 g/mol. The van der Waals surface area contributed by atoms with E-state index in [4.69, 9.17) is 0 Å². The van der Waals surface area contributed by atoms with Gasteiger partial charge in [0.05, 0.1) is 28.7 Å². The molecule has 3 rings (SSSR count). The molecular formula is C19H12F5N3O. The van der Waals surface area contributed by atoms with Gasteiger partial charge in [-0.2, -0.15) is 13.2 Å². The summed E-state index contributed by atoms with van der Waals surface area (Å²) >= 11 is 0. The van der Waals surface area contributed by atoms with Crippen molar-refractivity contribution >= 4 is 23.0 Å². The number of pyridine rings is 1. The van der Waals surface area contributed by atoms with Gasteiger partial charge < -0.3 is 10.6 Å². The van der Waals surface area contributed by atoms with E-state index in [0.29, 0.717) is 6.07 Å². The number of rotatable bonds is 4. The Labute approximate surface area is 156 Å². The number of carbonyl (C=O) groups excluding carboxylic acids is 1. The van der Waals surface area contributed by atoms with Crippen molar-refractivity contribution in [3.8, 4) is 0 Å². The minimum absolute atomic E-state index is 0.0290. The molecule has 0 atom stereocenters. The quantitative estimate of drug-likeness (QED) is 0.586. The minimum Gasteiger partial charge on any atom is -0.352 e. The maximum atomic E-state index is 13.7. The molecule has 0 radical (unpaired) electrons. The molecule has 0 bridgehead atoms. The smallest absolute Gasteiger partial charge is 0.352 e. The lowest BCUT2D eigenvalue weighted by molar-refractivity contribution is -0.137. The lowest BCUT2D eigenvalue weighted by atomic mass is 10.2. The molecule has 0 aliphatic carbocycles. The van der Waals surface area contributed by atoms with E-state index in [1.54, 1.807) is 0 Å². The summed E-state index contributed by atoms with van der Waals surface area (Å²) in [5, 5.41) is 5.00. The molecule has 1 amide bonds. The van der Waals surface area contributed by atoms with Crippen LogP contribution in [-0.2, 0) is 6.18 Å². The Bertz CT molecular complexity index is 1020. The standard InChI is InChI=1S/C19H12F5N3O/c20-13-4-5-17(16(21)8-13)26-15-6-11(9-25-10-15)18(28)27-14-3-1-2-12(7-14)19(22,23)24/h1-10,26H,(H,27,28). The molecule has 2 N–H and O–H groups in total. The Morgan fingerprint density at radius 1 is 0.929 bits per heavy atom. The van der Waals surface area contributed by atoms with E-state index in [2.05, 4.69) is 15.6 Å². The Hall–Kier alpha value is -3.49. The molecule has 0 saturated carbocycles. The van der Waals surface area contributed by atoms with E-state index in [-0.39, 0.29) is 22.6 Å². The number of anilines is 3. The van der Waals surface area contributed by atoms with Crippen LogP contribution in [-0.4, -0.2) is 10.9 Å². The first-order chi connectivity index (χ1) is 13.2. The molecule has 0 unspecified atom stereocenters. The topological polar surface area (TPSA) is 54.0 Å². The van der Waals surface area contributed by atoms with Crippen molar-refractivity contribution in [2.24, 2.45) is 0 Å². The summed E-state index contributed by atoms with van der Waals surface area (Å²) in [6, 6.07) is 8.45. The molecule has 4 nitrogen and oxygen atoms in total. The van der Waals surface area contributed by atoms with Gasteiger partial charge in [-0.3, -0.25) is 9.78 Å². The number of alkyl halides is 3. The van der Waals surface area contributed by atoms with Crippen LogP contribution in [0.3, 0.4) is 0 Å². The fourth-order valence-electron chi connectivity index (χ4n) is 2.36. The van der Waals surface area contributed by atoms with Gasteiger partial charge in [0, 0.05) is 18.0 Å². The summed E-state index contributed by atoms with van der Waals surface area (Å²) in [5.41, 5.74) is -0.695. The van der Waals surface area contributed by atoms with Crippen molar-refractivity contribution in [3.63, 3.8) is 0 Å². The molecule has 0 saturated heterocycles. The molecule has 0 aliphatic heterocycles. The van der Waals surface area contributed by atoms with E-state index in [9.17, 15) is 26.7 Å². The zero-order chi connectivity index (χ0) is 20.3. The highest BCUT2D eigenvalue weighted by Crippen LogP contribution is 2.30. The molecule has 3 aromatic rings. The van der Waals surface area contributed by atoms with E-state index >= 15 is 0 Å². The van der Waals surface area contributed by atoms with Gasteiger partial charge >= 0.3 is 6.18 Å². The maximum absolute atomic E-state index is 13.7. The Morgan fingerprint density at radius 3 is 2.43 bits per heavy atom. The minimum atomic E-state index is -4.54. The highest BCUT2D eigenvalue weighted by atomic mass is 19.4. The number of aromatic nitrogens is 1. The predicted octanol–water partition coefficient (Wildman–Crippen LogP) is 5.37. The number of nitrogens with one attached hydrogen (secondary N) is 2. The van der Waals surface area contributed by atoms with Crippen LogP contribution in [0.4, 0.5) is 39.0 Å². The lowest BCUT2D eigenvalue weighted by Crippen LogP contribution is -2.13. The summed E-state index contributed by atoms with van der Waals surface area (Å²) in [4.78, 5) is 16.2. The van der Waals surface area contributed by atoms with Gasteiger partial charge in [0.15, 0.2) is 0 Å². The summed E-state index contributed by atoms with van der Waals surface area (Å²) in [6.45, 7) is 0. The zero-order valence-corrected chi connectivity index (χ0v) is 14.0. The van der Waals surface area contributed by atoms with E-state index in [1.165, 1.54) is 36.7 Å². The number of carbonyl (C=O) groups is 1. The van der Waals surface area contributed by atoms with Crippen LogP contribution in [0.1, 0.15) is 15.9 Å². The van der Waals surface area contributed by atoms with Gasteiger partial charge in [-0.15, -0.1) is 0 Å². The largest absolute Gasteiger partial charge is 0.416 e. The molecule has 144 valence electrons. The van der Waals surface area contributed by atoms with Crippen molar-refractivity contribution in [1.82, 2.24) is 4.98 Å². The third-order valence-electron chi connectivity index (χ3n) is 3.66. The molecule has 28 heavy (non-hydrogen) atoms. The second-order valence-corrected chi connectivity index (χ2v) is 5.74. The number of halogens is 5. The molecule has 0 fully saturated rings. The average molecular weight is 393 g/mol. The van der Waals surface area contributed by atoms with Crippen molar-refractivity contribution < 1.29 is 26.7 Å². The third kappa shape index (κ3) is 4.61. The van der Waals surface area contributed by atoms with Gasteiger partial charge in [-0.1, -0.05) is 6.07 Å². The Balaban J connectivity index is 1.77. The second kappa shape index (κ2) is 7.63. The number of benzene rings is 2. The van der Waals surface area contributed by atoms with Crippen LogP contribution >= 0.6 is 0 Å². The van der Waals surface area contributed by atoms with Gasteiger partial charge in [-0.05, 0) is 36.4 Å². The normalized spacial score (nSPS) is 11.2. The van der Waals surface area contributed by atoms with Gasteiger partial charge in [0.1, 0.15) is 11.6 Å². The number of hydrogen-bond acceptors (Lipinski definition) is 3. The summed E-state index contributed by atoms with van der Waals surface area (Å²) < 4.78 is 65.0. The van der Waals surface area contributed by atoms with Crippen LogP contribution in [0.5, 0.6) is 0 Å². The van der Waals surface area contributed by atoms with Gasteiger partial charge in [0.25, 0.3) is 5.91 Å². The van der Waals surface area contributed by atoms with Crippen LogP contribution in [0.15, 0.2) is 60.9 Å². The SMILES string of the molecule is O=C(Nc1cccc(C(F)(F)F)c1)c1cncc(Nc2ccc(F)cc2F)c1. The number of hydrogen-bond donors (Lipinski definition) is 2. The third-order valence-corrected chi connectivity index (χ3v) is 3.66. The highest BCUT2D eigenvalue weighted by Gasteiger charge is 2.30. The molecule has 0 spiro atoms. The molecule has 9 heteroatoms. The van der Waals surface area contributed by atoms with Crippen LogP contribution < -0.4 is 10.6 Å². The first-order valence-corrected chi connectivity index (χ1v) is 7.88. The van der Waals surface area contributed by atoms with Crippen molar-refractivity contribution in [2.75, 3.05) is 10.6 Å². The van der Waals surface area contributed by atoms with E-state index in [1.807, 2.05) is 0 Å². The summed E-state index contributed by atoms with van der Waals surface area (Å²) in [5.74, 6) is -2.27. The maximum Gasteiger partial charge on any atom is 0.416 e. The fraction of sp³-hybridized carbons (Fsp3) is 0.0526. The Morgan fingerprint density at radius 2 is 1.71 bits per heavy atom. The Kier molecular flexibility index (Phi) is 5.25. The first kappa shape index (κ1) is 19.3.